The Hall–Kier alpha value is -3.93. The quantitative estimate of drug-likeness (QED) is 0.0199. The van der Waals surface area contributed by atoms with Gasteiger partial charge in [-0.2, -0.15) is 0 Å². The second-order valence-corrected chi connectivity index (χ2v) is 16.4. The molecule has 0 aromatic carbocycles. The van der Waals surface area contributed by atoms with Crippen molar-refractivity contribution in [2.24, 2.45) is 0 Å². The van der Waals surface area contributed by atoms with E-state index in [1.807, 2.05) is 30.4 Å². The number of carbonyl (C=O) groups is 3. The van der Waals surface area contributed by atoms with Crippen LogP contribution in [-0.4, -0.2) is 37.2 Å². The van der Waals surface area contributed by atoms with Crippen LogP contribution < -0.4 is 0 Å². The molecule has 0 fully saturated rings. The van der Waals surface area contributed by atoms with E-state index in [1.165, 1.54) is 83.5 Å². The maximum absolute atomic E-state index is 12.8. The molecule has 0 bridgehead atoms. The molecule has 0 saturated carbocycles. The van der Waals surface area contributed by atoms with Gasteiger partial charge < -0.3 is 14.2 Å². The molecule has 0 N–H and O–H groups in total. The third kappa shape index (κ3) is 49.0. The number of rotatable bonds is 44. The van der Waals surface area contributed by atoms with Gasteiger partial charge in [-0.15, -0.1) is 0 Å². The third-order valence-electron chi connectivity index (χ3n) is 10.3. The fourth-order valence-corrected chi connectivity index (χ4v) is 6.52. The van der Waals surface area contributed by atoms with E-state index in [0.29, 0.717) is 12.8 Å². The highest BCUT2D eigenvalue weighted by molar-refractivity contribution is 5.71. The smallest absolute Gasteiger partial charge is 0.306 e. The molecule has 0 aromatic heterocycles. The Labute approximate surface area is 387 Å². The Balaban J connectivity index is 4.58. The van der Waals surface area contributed by atoms with Gasteiger partial charge >= 0.3 is 17.9 Å². The van der Waals surface area contributed by atoms with Gasteiger partial charge in [0.05, 0.1) is 0 Å². The normalized spacial score (nSPS) is 13.0. The van der Waals surface area contributed by atoms with Gasteiger partial charge in [0.1, 0.15) is 13.2 Å². The van der Waals surface area contributed by atoms with Crippen molar-refractivity contribution in [1.29, 1.82) is 0 Å². The van der Waals surface area contributed by atoms with Crippen LogP contribution in [0.15, 0.2) is 109 Å². The monoisotopic (exact) mass is 873 g/mol. The molecule has 0 aliphatic heterocycles. The van der Waals surface area contributed by atoms with Crippen LogP contribution in [0.5, 0.6) is 0 Å². The number of hydrogen-bond donors (Lipinski definition) is 0. The molecule has 0 radical (unpaired) electrons. The van der Waals surface area contributed by atoms with Crippen molar-refractivity contribution in [2.45, 2.75) is 219 Å². The van der Waals surface area contributed by atoms with Crippen molar-refractivity contribution in [2.75, 3.05) is 13.2 Å². The van der Waals surface area contributed by atoms with Crippen LogP contribution in [0.1, 0.15) is 213 Å². The van der Waals surface area contributed by atoms with E-state index in [4.69, 9.17) is 14.2 Å². The van der Waals surface area contributed by atoms with Crippen molar-refractivity contribution in [3.63, 3.8) is 0 Å². The molecule has 0 saturated heterocycles. The fourth-order valence-electron chi connectivity index (χ4n) is 6.52. The van der Waals surface area contributed by atoms with Crippen molar-refractivity contribution < 1.29 is 28.6 Å². The first-order valence-corrected chi connectivity index (χ1v) is 25.4. The van der Waals surface area contributed by atoms with E-state index in [1.54, 1.807) is 0 Å². The lowest BCUT2D eigenvalue weighted by molar-refractivity contribution is -0.166. The maximum atomic E-state index is 12.8. The molecule has 6 nitrogen and oxygen atoms in total. The lowest BCUT2D eigenvalue weighted by Gasteiger charge is -2.18. The molecule has 0 aliphatic carbocycles. The number of allylic oxidation sites excluding steroid dienone is 18. The van der Waals surface area contributed by atoms with Gasteiger partial charge in [0.25, 0.3) is 0 Å². The zero-order chi connectivity index (χ0) is 45.8. The van der Waals surface area contributed by atoms with Crippen LogP contribution >= 0.6 is 0 Å². The van der Waals surface area contributed by atoms with Crippen molar-refractivity contribution in [1.82, 2.24) is 0 Å². The molecule has 0 aliphatic rings. The second kappa shape index (κ2) is 50.7. The maximum Gasteiger partial charge on any atom is 0.306 e. The average Bonchev–Trinajstić information content (AvgIpc) is 3.28. The van der Waals surface area contributed by atoms with Crippen LogP contribution in [0.4, 0.5) is 0 Å². The summed E-state index contributed by atoms with van der Waals surface area (Å²) >= 11 is 0. The van der Waals surface area contributed by atoms with Crippen LogP contribution in [0.2, 0.25) is 0 Å². The summed E-state index contributed by atoms with van der Waals surface area (Å²) in [5, 5.41) is 0. The second-order valence-electron chi connectivity index (χ2n) is 16.4. The summed E-state index contributed by atoms with van der Waals surface area (Å²) in [4.78, 5) is 37.9. The predicted octanol–water partition coefficient (Wildman–Crippen LogP) is 16.8. The van der Waals surface area contributed by atoms with E-state index in [-0.39, 0.29) is 50.4 Å². The van der Waals surface area contributed by atoms with Crippen molar-refractivity contribution in [3.05, 3.63) is 109 Å². The average molecular weight is 873 g/mol. The number of ether oxygens (including phenoxy) is 3. The van der Waals surface area contributed by atoms with Gasteiger partial charge in [-0.25, -0.2) is 0 Å². The minimum Gasteiger partial charge on any atom is -0.462 e. The van der Waals surface area contributed by atoms with E-state index in [0.717, 1.165) is 77.0 Å². The largest absolute Gasteiger partial charge is 0.462 e. The van der Waals surface area contributed by atoms with Gasteiger partial charge in [0.15, 0.2) is 6.10 Å². The molecule has 0 heterocycles. The van der Waals surface area contributed by atoms with E-state index < -0.39 is 6.10 Å². The molecule has 0 rings (SSSR count). The van der Waals surface area contributed by atoms with E-state index in [9.17, 15) is 14.4 Å². The van der Waals surface area contributed by atoms with Crippen molar-refractivity contribution >= 4 is 17.9 Å². The molecule has 1 unspecified atom stereocenters. The number of unbranched alkanes of at least 4 members (excludes halogenated alkanes) is 18. The molecule has 0 spiro atoms. The van der Waals surface area contributed by atoms with Gasteiger partial charge in [-0.3, -0.25) is 14.4 Å². The minimum absolute atomic E-state index is 0.133. The number of carbonyl (C=O) groups excluding carboxylic acids is 3. The summed E-state index contributed by atoms with van der Waals surface area (Å²) in [5.74, 6) is -1.08. The SMILES string of the molecule is CC/C=C/C=C/C=C/C=C/CCCCCCCC(=O)OC(COC(=O)CC/C=C/C/C=C/CCCCCCCC)COC(=O)CCC/C=C/C/C=C/C/C=C/CCCCCCCC. The summed E-state index contributed by atoms with van der Waals surface area (Å²) in [6.45, 7) is 6.35. The summed E-state index contributed by atoms with van der Waals surface area (Å²) in [6, 6.07) is 0. The molecule has 63 heavy (non-hydrogen) atoms. The summed E-state index contributed by atoms with van der Waals surface area (Å²) in [5.41, 5.74) is 0. The zero-order valence-corrected chi connectivity index (χ0v) is 40.5. The van der Waals surface area contributed by atoms with Crippen LogP contribution in [0.25, 0.3) is 0 Å². The van der Waals surface area contributed by atoms with Crippen LogP contribution in [0.3, 0.4) is 0 Å². The first-order valence-electron chi connectivity index (χ1n) is 25.4. The molecular weight excluding hydrogens is 781 g/mol. The van der Waals surface area contributed by atoms with Gasteiger partial charge in [-0.05, 0) is 89.9 Å². The molecule has 0 aromatic rings. The van der Waals surface area contributed by atoms with Crippen molar-refractivity contribution in [3.8, 4) is 0 Å². The highest BCUT2D eigenvalue weighted by Gasteiger charge is 2.19. The van der Waals surface area contributed by atoms with E-state index in [2.05, 4.69) is 99.8 Å². The van der Waals surface area contributed by atoms with E-state index >= 15 is 0 Å². The molecule has 0 amide bonds. The highest BCUT2D eigenvalue weighted by atomic mass is 16.6. The summed E-state index contributed by atoms with van der Waals surface area (Å²) in [6.07, 6.45) is 68.0. The first-order chi connectivity index (χ1) is 31.0. The Morgan fingerprint density at radius 2 is 0.730 bits per heavy atom. The molecule has 6 heteroatoms. The Morgan fingerprint density at radius 1 is 0.349 bits per heavy atom. The lowest BCUT2D eigenvalue weighted by atomic mass is 10.1. The molecule has 1 atom stereocenters. The third-order valence-corrected chi connectivity index (χ3v) is 10.3. The number of esters is 3. The lowest BCUT2D eigenvalue weighted by Crippen LogP contribution is -2.30. The molecule has 356 valence electrons. The standard InChI is InChI=1S/C57H92O6/c1-4-7-10-13-16-19-22-25-27-28-30-32-35-38-41-44-47-50-56(59)62-53-54(52-61-55(58)49-46-43-40-37-34-31-24-21-18-15-12-9-6-3)63-57(60)51-48-45-42-39-36-33-29-26-23-20-17-14-11-8-5-2/h8,11,14,17,20,23,25-27,29-32,34,38,40-41,43,54H,4-7,9-10,12-13,15-16,18-19,21-22,24,28,33,35-37,39,42,44-53H2,1-3H3/b11-8+,17-14+,23-20+,27-25+,29-26+,32-30+,34-31+,41-38+,43-40+. The fraction of sp³-hybridized carbons (Fsp3) is 0.632. The predicted molar refractivity (Wildman–Crippen MR) is 270 cm³/mol. The summed E-state index contributed by atoms with van der Waals surface area (Å²) in [7, 11) is 0. The first kappa shape index (κ1) is 59.1. The Morgan fingerprint density at radius 3 is 1.25 bits per heavy atom. The molecular formula is C57H92O6. The Kier molecular flexibility index (Phi) is 47.5. The van der Waals surface area contributed by atoms with Crippen LogP contribution in [-0.2, 0) is 28.6 Å². The highest BCUT2D eigenvalue weighted by Crippen LogP contribution is 2.12. The van der Waals surface area contributed by atoms with Gasteiger partial charge in [0, 0.05) is 19.3 Å². The van der Waals surface area contributed by atoms with Gasteiger partial charge in [0.2, 0.25) is 0 Å². The van der Waals surface area contributed by atoms with Crippen LogP contribution in [0, 0.1) is 0 Å². The Bertz CT molecular complexity index is 1330. The summed E-state index contributed by atoms with van der Waals surface area (Å²) < 4.78 is 16.7. The topological polar surface area (TPSA) is 78.9 Å². The number of hydrogen-bond acceptors (Lipinski definition) is 6. The zero-order valence-electron chi connectivity index (χ0n) is 40.5. The minimum atomic E-state index is -0.834. The van der Waals surface area contributed by atoms with Gasteiger partial charge in [-0.1, -0.05) is 214 Å².